The Kier molecular flexibility index (Phi) is 3.69. The van der Waals surface area contributed by atoms with Gasteiger partial charge in [0.15, 0.2) is 0 Å². The van der Waals surface area contributed by atoms with Gasteiger partial charge >= 0.3 is 0 Å². The van der Waals surface area contributed by atoms with Gasteiger partial charge in [-0.05, 0) is 12.8 Å². The number of nitrogens with one attached hydrogen (secondary N) is 1. The van der Waals surface area contributed by atoms with Crippen LogP contribution in [0.4, 0.5) is 5.82 Å². The highest BCUT2D eigenvalue weighted by Gasteiger charge is 2.14. The first kappa shape index (κ1) is 10.9. The number of aromatic nitrogens is 2. The van der Waals surface area contributed by atoms with Crippen LogP contribution in [0.2, 0.25) is 0 Å². The van der Waals surface area contributed by atoms with Crippen LogP contribution in [0.1, 0.15) is 37.7 Å². The van der Waals surface area contributed by atoms with Crippen LogP contribution in [0.5, 0.6) is 0 Å². The standard InChI is InChI=1S/C11H17N5/c12-15-7-9-6-13-8-14-11(9)16-10-4-2-1-3-5-10/h6-8,10H,1-5,12H2,(H,13,14,16)/b15-7-. The van der Waals surface area contributed by atoms with Gasteiger partial charge in [-0.2, -0.15) is 5.10 Å². The van der Waals surface area contributed by atoms with E-state index in [0.717, 1.165) is 11.4 Å². The lowest BCUT2D eigenvalue weighted by atomic mass is 9.95. The second-order valence-electron chi connectivity index (χ2n) is 4.08. The van der Waals surface area contributed by atoms with E-state index in [4.69, 9.17) is 5.84 Å². The van der Waals surface area contributed by atoms with Gasteiger partial charge in [0.1, 0.15) is 12.1 Å². The van der Waals surface area contributed by atoms with E-state index >= 15 is 0 Å². The lowest BCUT2D eigenvalue weighted by Gasteiger charge is -2.23. The SMILES string of the molecule is N/N=C\c1cncnc1NC1CCCCC1. The van der Waals surface area contributed by atoms with Crippen molar-refractivity contribution in [3.63, 3.8) is 0 Å². The Bertz CT molecular complexity index is 357. The maximum Gasteiger partial charge on any atom is 0.138 e. The highest BCUT2D eigenvalue weighted by molar-refractivity contribution is 5.85. The van der Waals surface area contributed by atoms with Crippen molar-refractivity contribution in [3.05, 3.63) is 18.1 Å². The summed E-state index contributed by atoms with van der Waals surface area (Å²) in [4.78, 5) is 8.18. The zero-order valence-corrected chi connectivity index (χ0v) is 9.26. The molecule has 0 saturated heterocycles. The van der Waals surface area contributed by atoms with Crippen molar-refractivity contribution in [2.75, 3.05) is 5.32 Å². The summed E-state index contributed by atoms with van der Waals surface area (Å²) in [7, 11) is 0. The van der Waals surface area contributed by atoms with Crippen LogP contribution in [0.15, 0.2) is 17.6 Å². The Labute approximate surface area is 95.2 Å². The van der Waals surface area contributed by atoms with Crippen molar-refractivity contribution < 1.29 is 0 Å². The molecule has 2 rings (SSSR count). The lowest BCUT2D eigenvalue weighted by molar-refractivity contribution is 0.462. The van der Waals surface area contributed by atoms with Gasteiger partial charge in [0.05, 0.1) is 11.8 Å². The minimum Gasteiger partial charge on any atom is -0.367 e. The fraction of sp³-hybridized carbons (Fsp3) is 0.545. The van der Waals surface area contributed by atoms with Gasteiger partial charge in [-0.15, -0.1) is 0 Å². The van der Waals surface area contributed by atoms with E-state index < -0.39 is 0 Å². The van der Waals surface area contributed by atoms with Gasteiger partial charge in [0, 0.05) is 12.2 Å². The largest absolute Gasteiger partial charge is 0.367 e. The Balaban J connectivity index is 2.07. The van der Waals surface area contributed by atoms with Crippen molar-refractivity contribution in [2.45, 2.75) is 38.1 Å². The van der Waals surface area contributed by atoms with E-state index in [0.29, 0.717) is 6.04 Å². The number of nitrogens with two attached hydrogens (primary N) is 1. The van der Waals surface area contributed by atoms with Gasteiger partial charge in [-0.3, -0.25) is 0 Å². The molecule has 1 aromatic rings. The van der Waals surface area contributed by atoms with E-state index in [1.807, 2.05) is 0 Å². The third-order valence-corrected chi connectivity index (χ3v) is 2.90. The topological polar surface area (TPSA) is 76.2 Å². The molecule has 5 heteroatoms. The van der Waals surface area contributed by atoms with Crippen molar-refractivity contribution >= 4 is 12.0 Å². The molecule has 1 aliphatic rings. The van der Waals surface area contributed by atoms with Gasteiger partial charge in [-0.25, -0.2) is 9.97 Å². The first-order chi connectivity index (χ1) is 7.90. The van der Waals surface area contributed by atoms with Crippen LogP contribution in [-0.4, -0.2) is 22.2 Å². The van der Waals surface area contributed by atoms with Crippen LogP contribution in [0.3, 0.4) is 0 Å². The molecule has 0 spiro atoms. The van der Waals surface area contributed by atoms with E-state index in [2.05, 4.69) is 20.4 Å². The average Bonchev–Trinajstić information content (AvgIpc) is 2.33. The first-order valence-corrected chi connectivity index (χ1v) is 5.70. The van der Waals surface area contributed by atoms with Crippen molar-refractivity contribution in [2.24, 2.45) is 10.9 Å². The molecule has 86 valence electrons. The van der Waals surface area contributed by atoms with E-state index in [9.17, 15) is 0 Å². The molecule has 1 aliphatic carbocycles. The fourth-order valence-electron chi connectivity index (χ4n) is 2.08. The summed E-state index contributed by atoms with van der Waals surface area (Å²) in [5, 5.41) is 6.95. The normalized spacial score (nSPS) is 17.8. The van der Waals surface area contributed by atoms with E-state index in [-0.39, 0.29) is 0 Å². The third kappa shape index (κ3) is 2.68. The Morgan fingerprint density at radius 2 is 2.19 bits per heavy atom. The van der Waals surface area contributed by atoms with Crippen LogP contribution < -0.4 is 11.2 Å². The molecular weight excluding hydrogens is 202 g/mol. The molecule has 3 N–H and O–H groups in total. The molecule has 16 heavy (non-hydrogen) atoms. The summed E-state index contributed by atoms with van der Waals surface area (Å²) >= 11 is 0. The van der Waals surface area contributed by atoms with E-state index in [1.165, 1.54) is 32.1 Å². The molecule has 0 aromatic carbocycles. The highest BCUT2D eigenvalue weighted by Crippen LogP contribution is 2.21. The van der Waals surface area contributed by atoms with Gasteiger partial charge in [0.25, 0.3) is 0 Å². The zero-order chi connectivity index (χ0) is 11.2. The smallest absolute Gasteiger partial charge is 0.138 e. The summed E-state index contributed by atoms with van der Waals surface area (Å²) in [5.41, 5.74) is 0.843. The number of anilines is 1. The summed E-state index contributed by atoms with van der Waals surface area (Å²) in [5.74, 6) is 5.98. The van der Waals surface area contributed by atoms with Gasteiger partial charge < -0.3 is 11.2 Å². The first-order valence-electron chi connectivity index (χ1n) is 5.70. The molecule has 1 aromatic heterocycles. The molecule has 5 nitrogen and oxygen atoms in total. The fourth-order valence-corrected chi connectivity index (χ4v) is 2.08. The predicted octanol–water partition coefficient (Wildman–Crippen LogP) is 1.51. The summed E-state index contributed by atoms with van der Waals surface area (Å²) in [6.07, 6.45) is 11.2. The van der Waals surface area contributed by atoms with Gasteiger partial charge in [0.2, 0.25) is 0 Å². The minimum atomic E-state index is 0.522. The quantitative estimate of drug-likeness (QED) is 0.459. The summed E-state index contributed by atoms with van der Waals surface area (Å²) in [6.45, 7) is 0. The summed E-state index contributed by atoms with van der Waals surface area (Å²) in [6, 6.07) is 0.522. The molecule has 0 bridgehead atoms. The molecule has 0 atom stereocenters. The average molecular weight is 219 g/mol. The third-order valence-electron chi connectivity index (χ3n) is 2.90. The molecule has 0 aliphatic heterocycles. The van der Waals surface area contributed by atoms with Crippen molar-refractivity contribution in [3.8, 4) is 0 Å². The maximum atomic E-state index is 5.15. The second kappa shape index (κ2) is 5.44. The Morgan fingerprint density at radius 1 is 1.38 bits per heavy atom. The zero-order valence-electron chi connectivity index (χ0n) is 9.26. The summed E-state index contributed by atoms with van der Waals surface area (Å²) < 4.78 is 0. The number of hydrogen-bond donors (Lipinski definition) is 2. The molecule has 1 heterocycles. The monoisotopic (exact) mass is 219 g/mol. The van der Waals surface area contributed by atoms with Crippen LogP contribution in [0, 0.1) is 0 Å². The Hall–Kier alpha value is -1.65. The molecule has 1 saturated carbocycles. The molecule has 0 radical (unpaired) electrons. The number of hydrazone groups is 1. The molecule has 0 unspecified atom stereocenters. The lowest BCUT2D eigenvalue weighted by Crippen LogP contribution is -2.23. The Morgan fingerprint density at radius 3 is 2.94 bits per heavy atom. The number of hydrogen-bond acceptors (Lipinski definition) is 5. The van der Waals surface area contributed by atoms with Crippen molar-refractivity contribution in [1.29, 1.82) is 0 Å². The maximum absolute atomic E-state index is 5.15. The van der Waals surface area contributed by atoms with Crippen LogP contribution >= 0.6 is 0 Å². The number of nitrogens with zero attached hydrogens (tertiary/aromatic N) is 3. The molecule has 1 fully saturated rings. The van der Waals surface area contributed by atoms with Gasteiger partial charge in [-0.1, -0.05) is 19.3 Å². The van der Waals surface area contributed by atoms with Crippen LogP contribution in [0.25, 0.3) is 0 Å². The predicted molar refractivity (Wildman–Crippen MR) is 64.3 cm³/mol. The molecule has 0 amide bonds. The highest BCUT2D eigenvalue weighted by atomic mass is 15.1. The minimum absolute atomic E-state index is 0.522. The van der Waals surface area contributed by atoms with Crippen LogP contribution in [-0.2, 0) is 0 Å². The van der Waals surface area contributed by atoms with E-state index in [1.54, 1.807) is 18.7 Å². The molecular formula is C11H17N5. The number of rotatable bonds is 3. The second-order valence-corrected chi connectivity index (χ2v) is 4.08. The van der Waals surface area contributed by atoms with Crippen molar-refractivity contribution in [1.82, 2.24) is 9.97 Å².